The van der Waals surface area contributed by atoms with E-state index in [1.54, 1.807) is 0 Å². The summed E-state index contributed by atoms with van der Waals surface area (Å²) in [6, 6.07) is 0. The normalized spacial score (nSPS) is 11.4. The highest BCUT2D eigenvalue weighted by Gasteiger charge is 2.15. The van der Waals surface area contributed by atoms with Gasteiger partial charge in [0.2, 0.25) is 0 Å². The van der Waals surface area contributed by atoms with Gasteiger partial charge >= 0.3 is 0 Å². The SMILES string of the molecule is CCCCCCC(CCCCCC)c1[nH]cnc1C. The average molecular weight is 264 g/mol. The van der Waals surface area contributed by atoms with E-state index in [4.69, 9.17) is 0 Å². The van der Waals surface area contributed by atoms with E-state index in [-0.39, 0.29) is 0 Å². The minimum atomic E-state index is 0.705. The molecule has 0 atom stereocenters. The molecule has 0 bridgehead atoms. The molecule has 0 saturated carbocycles. The van der Waals surface area contributed by atoms with E-state index in [9.17, 15) is 0 Å². The number of hydrogen-bond donors (Lipinski definition) is 1. The summed E-state index contributed by atoms with van der Waals surface area (Å²) >= 11 is 0. The number of unbranched alkanes of at least 4 members (excludes halogenated alkanes) is 6. The summed E-state index contributed by atoms with van der Waals surface area (Å²) in [7, 11) is 0. The Hall–Kier alpha value is -0.790. The highest BCUT2D eigenvalue weighted by atomic mass is 14.9. The molecule has 0 aliphatic carbocycles. The Morgan fingerprint density at radius 2 is 1.53 bits per heavy atom. The molecule has 0 saturated heterocycles. The van der Waals surface area contributed by atoms with E-state index in [2.05, 4.69) is 30.7 Å². The summed E-state index contributed by atoms with van der Waals surface area (Å²) in [6.07, 6.45) is 15.4. The molecule has 0 unspecified atom stereocenters. The lowest BCUT2D eigenvalue weighted by Crippen LogP contribution is -2.02. The van der Waals surface area contributed by atoms with Gasteiger partial charge in [-0.3, -0.25) is 0 Å². The molecule has 0 fully saturated rings. The molecule has 0 amide bonds. The van der Waals surface area contributed by atoms with Crippen LogP contribution < -0.4 is 0 Å². The number of imidazole rings is 1. The second-order valence-corrected chi connectivity index (χ2v) is 5.80. The zero-order valence-electron chi connectivity index (χ0n) is 13.2. The molecule has 0 aliphatic heterocycles. The van der Waals surface area contributed by atoms with Crippen molar-refractivity contribution in [1.29, 1.82) is 0 Å². The van der Waals surface area contributed by atoms with E-state index in [1.807, 2.05) is 6.33 Å². The Kier molecular flexibility index (Phi) is 8.61. The molecule has 19 heavy (non-hydrogen) atoms. The maximum atomic E-state index is 4.37. The van der Waals surface area contributed by atoms with E-state index < -0.39 is 0 Å². The molecule has 0 radical (unpaired) electrons. The Labute approximate surface area is 119 Å². The zero-order chi connectivity index (χ0) is 13.9. The third kappa shape index (κ3) is 6.26. The number of nitrogens with one attached hydrogen (secondary N) is 1. The van der Waals surface area contributed by atoms with Crippen LogP contribution in [0.15, 0.2) is 6.33 Å². The Balaban J connectivity index is 2.41. The van der Waals surface area contributed by atoms with Crippen molar-refractivity contribution in [2.75, 3.05) is 0 Å². The van der Waals surface area contributed by atoms with Crippen LogP contribution in [0.25, 0.3) is 0 Å². The minimum Gasteiger partial charge on any atom is -0.348 e. The first-order chi connectivity index (χ1) is 9.29. The summed E-state index contributed by atoms with van der Waals surface area (Å²) in [5.74, 6) is 0.705. The van der Waals surface area contributed by atoms with Gasteiger partial charge in [0.05, 0.1) is 12.0 Å². The first-order valence-corrected chi connectivity index (χ1v) is 8.29. The third-order valence-electron chi connectivity index (χ3n) is 4.09. The van der Waals surface area contributed by atoms with Crippen LogP contribution >= 0.6 is 0 Å². The number of aromatic amines is 1. The quantitative estimate of drug-likeness (QED) is 0.507. The van der Waals surface area contributed by atoms with E-state index in [0.717, 1.165) is 0 Å². The summed E-state index contributed by atoms with van der Waals surface area (Å²) in [4.78, 5) is 7.75. The van der Waals surface area contributed by atoms with Gasteiger partial charge in [-0.1, -0.05) is 65.2 Å². The molecule has 0 aliphatic rings. The van der Waals surface area contributed by atoms with Gasteiger partial charge in [-0.2, -0.15) is 0 Å². The lowest BCUT2D eigenvalue weighted by atomic mass is 9.91. The van der Waals surface area contributed by atoms with Crippen LogP contribution in [0.3, 0.4) is 0 Å². The second kappa shape index (κ2) is 10.1. The van der Waals surface area contributed by atoms with Gasteiger partial charge in [-0.25, -0.2) is 4.98 Å². The van der Waals surface area contributed by atoms with Crippen molar-refractivity contribution in [3.05, 3.63) is 17.7 Å². The lowest BCUT2D eigenvalue weighted by Gasteiger charge is -2.16. The van der Waals surface area contributed by atoms with Gasteiger partial charge < -0.3 is 4.98 Å². The molecule has 1 heterocycles. The average Bonchev–Trinajstić information content (AvgIpc) is 2.83. The number of rotatable bonds is 11. The number of nitrogens with zero attached hydrogens (tertiary/aromatic N) is 1. The third-order valence-corrected chi connectivity index (χ3v) is 4.09. The maximum Gasteiger partial charge on any atom is 0.0925 e. The van der Waals surface area contributed by atoms with Crippen molar-refractivity contribution < 1.29 is 0 Å². The smallest absolute Gasteiger partial charge is 0.0925 e. The lowest BCUT2D eigenvalue weighted by molar-refractivity contribution is 0.488. The highest BCUT2D eigenvalue weighted by Crippen LogP contribution is 2.28. The number of hydrogen-bond acceptors (Lipinski definition) is 1. The van der Waals surface area contributed by atoms with Crippen LogP contribution in [0.1, 0.15) is 95.4 Å². The van der Waals surface area contributed by atoms with Crippen molar-refractivity contribution in [2.45, 2.75) is 90.9 Å². The molecule has 2 heteroatoms. The van der Waals surface area contributed by atoms with Crippen LogP contribution in [0, 0.1) is 6.92 Å². The minimum absolute atomic E-state index is 0.705. The van der Waals surface area contributed by atoms with Gasteiger partial charge in [0.25, 0.3) is 0 Å². The fourth-order valence-electron chi connectivity index (χ4n) is 2.85. The van der Waals surface area contributed by atoms with Crippen LogP contribution in [0.2, 0.25) is 0 Å². The maximum absolute atomic E-state index is 4.37. The van der Waals surface area contributed by atoms with E-state index >= 15 is 0 Å². The van der Waals surface area contributed by atoms with E-state index in [1.165, 1.54) is 75.6 Å². The molecular formula is C17H32N2. The fourth-order valence-corrected chi connectivity index (χ4v) is 2.85. The first kappa shape index (κ1) is 16.3. The molecule has 1 N–H and O–H groups in total. The monoisotopic (exact) mass is 264 g/mol. The predicted molar refractivity (Wildman–Crippen MR) is 83.6 cm³/mol. The molecule has 1 aromatic heterocycles. The predicted octanol–water partition coefficient (Wildman–Crippen LogP) is 5.74. The molecule has 0 spiro atoms. The molecular weight excluding hydrogens is 232 g/mol. The highest BCUT2D eigenvalue weighted by molar-refractivity contribution is 5.14. The largest absolute Gasteiger partial charge is 0.348 e. The molecule has 1 rings (SSSR count). The molecule has 0 aromatic carbocycles. The van der Waals surface area contributed by atoms with Crippen LogP contribution in [-0.2, 0) is 0 Å². The summed E-state index contributed by atoms with van der Waals surface area (Å²) < 4.78 is 0. The Morgan fingerprint density at radius 1 is 0.947 bits per heavy atom. The topological polar surface area (TPSA) is 28.7 Å². The number of H-pyrrole nitrogens is 1. The van der Waals surface area contributed by atoms with Crippen molar-refractivity contribution in [3.63, 3.8) is 0 Å². The summed E-state index contributed by atoms with van der Waals surface area (Å²) in [5, 5.41) is 0. The Bertz CT molecular complexity index is 305. The van der Waals surface area contributed by atoms with Gasteiger partial charge in [0.15, 0.2) is 0 Å². The Morgan fingerprint density at radius 3 is 1.95 bits per heavy atom. The second-order valence-electron chi connectivity index (χ2n) is 5.80. The number of aromatic nitrogens is 2. The summed E-state index contributed by atoms with van der Waals surface area (Å²) in [5.41, 5.74) is 2.60. The van der Waals surface area contributed by atoms with Crippen LogP contribution in [0.4, 0.5) is 0 Å². The standard InChI is InChI=1S/C17H32N2/c1-4-6-8-10-12-16(13-11-9-7-5-2)17-15(3)18-14-19-17/h14,16H,4-13H2,1-3H3,(H,18,19). The van der Waals surface area contributed by atoms with Crippen LogP contribution in [-0.4, -0.2) is 9.97 Å². The van der Waals surface area contributed by atoms with Crippen LogP contribution in [0.5, 0.6) is 0 Å². The first-order valence-electron chi connectivity index (χ1n) is 8.29. The van der Waals surface area contributed by atoms with Gasteiger partial charge in [0, 0.05) is 11.6 Å². The molecule has 1 aromatic rings. The van der Waals surface area contributed by atoms with Gasteiger partial charge in [-0.05, 0) is 19.8 Å². The molecule has 110 valence electrons. The summed E-state index contributed by atoms with van der Waals surface area (Å²) in [6.45, 7) is 6.69. The fraction of sp³-hybridized carbons (Fsp3) is 0.824. The molecule has 2 nitrogen and oxygen atoms in total. The van der Waals surface area contributed by atoms with Crippen molar-refractivity contribution >= 4 is 0 Å². The van der Waals surface area contributed by atoms with Gasteiger partial charge in [-0.15, -0.1) is 0 Å². The zero-order valence-corrected chi connectivity index (χ0v) is 13.2. The van der Waals surface area contributed by atoms with Crippen molar-refractivity contribution in [1.82, 2.24) is 9.97 Å². The number of aryl methyl sites for hydroxylation is 1. The van der Waals surface area contributed by atoms with Crippen molar-refractivity contribution in [2.24, 2.45) is 0 Å². The van der Waals surface area contributed by atoms with Crippen molar-refractivity contribution in [3.8, 4) is 0 Å². The van der Waals surface area contributed by atoms with Gasteiger partial charge in [0.1, 0.15) is 0 Å². The van der Waals surface area contributed by atoms with E-state index in [0.29, 0.717) is 5.92 Å².